The van der Waals surface area contributed by atoms with E-state index < -0.39 is 0 Å². The highest BCUT2D eigenvalue weighted by atomic mass is 16.5. The molecule has 1 aromatic carbocycles. The summed E-state index contributed by atoms with van der Waals surface area (Å²) in [6.45, 7) is 1.45. The zero-order valence-corrected chi connectivity index (χ0v) is 11.2. The molecule has 1 aliphatic heterocycles. The Kier molecular flexibility index (Phi) is 5.21. The number of ether oxygens (including phenoxy) is 1. The van der Waals surface area contributed by atoms with Gasteiger partial charge in [-0.3, -0.25) is 4.79 Å². The minimum atomic E-state index is 0.0671. The monoisotopic (exact) mass is 262 g/mol. The first kappa shape index (κ1) is 13.9. The van der Waals surface area contributed by atoms with Crippen LogP contribution in [0.15, 0.2) is 24.3 Å². The molecule has 4 heteroatoms. The van der Waals surface area contributed by atoms with Crippen LogP contribution in [0.3, 0.4) is 0 Å². The minimum Gasteiger partial charge on any atom is -0.399 e. The molecule has 1 fully saturated rings. The number of carbonyl (C=O) groups excluding carboxylic acids is 1. The molecule has 1 saturated heterocycles. The lowest BCUT2D eigenvalue weighted by molar-refractivity contribution is -0.122. The van der Waals surface area contributed by atoms with Gasteiger partial charge in [0.1, 0.15) is 0 Å². The van der Waals surface area contributed by atoms with E-state index in [-0.39, 0.29) is 12.0 Å². The summed E-state index contributed by atoms with van der Waals surface area (Å²) < 4.78 is 5.58. The van der Waals surface area contributed by atoms with Crippen molar-refractivity contribution in [2.24, 2.45) is 0 Å². The van der Waals surface area contributed by atoms with E-state index in [0.717, 1.165) is 30.7 Å². The number of aryl methyl sites for hydroxylation is 1. The van der Waals surface area contributed by atoms with Crippen LogP contribution < -0.4 is 11.1 Å². The number of rotatable bonds is 5. The quantitative estimate of drug-likeness (QED) is 0.796. The van der Waals surface area contributed by atoms with Crippen molar-refractivity contribution in [2.75, 3.05) is 18.9 Å². The Labute approximate surface area is 114 Å². The third-order valence-corrected chi connectivity index (χ3v) is 3.48. The first-order valence-electron chi connectivity index (χ1n) is 6.97. The highest BCUT2D eigenvalue weighted by Crippen LogP contribution is 2.13. The van der Waals surface area contributed by atoms with Crippen molar-refractivity contribution in [3.8, 4) is 0 Å². The molecule has 0 aromatic heterocycles. The standard InChI is InChI=1S/C15H22N2O2/c16-14-7-2-1-5-12(14)8-9-15(18)17-11-13-6-3-4-10-19-13/h1-2,5,7,13H,3-4,6,8-11,16H2,(H,17,18). The first-order valence-corrected chi connectivity index (χ1v) is 6.97. The topological polar surface area (TPSA) is 64.4 Å². The zero-order valence-electron chi connectivity index (χ0n) is 11.2. The fourth-order valence-corrected chi connectivity index (χ4v) is 2.29. The van der Waals surface area contributed by atoms with E-state index in [1.807, 2.05) is 24.3 Å². The van der Waals surface area contributed by atoms with Gasteiger partial charge in [-0.25, -0.2) is 0 Å². The van der Waals surface area contributed by atoms with Crippen molar-refractivity contribution in [1.29, 1.82) is 0 Å². The lowest BCUT2D eigenvalue weighted by atomic mass is 10.1. The number of amides is 1. The number of nitrogens with two attached hydrogens (primary N) is 1. The molecule has 104 valence electrons. The highest BCUT2D eigenvalue weighted by Gasteiger charge is 2.14. The van der Waals surface area contributed by atoms with Gasteiger partial charge in [-0.1, -0.05) is 18.2 Å². The van der Waals surface area contributed by atoms with Gasteiger partial charge in [0, 0.05) is 25.3 Å². The molecular weight excluding hydrogens is 240 g/mol. The highest BCUT2D eigenvalue weighted by molar-refractivity contribution is 5.76. The lowest BCUT2D eigenvalue weighted by Gasteiger charge is -2.22. The number of anilines is 1. The molecule has 19 heavy (non-hydrogen) atoms. The SMILES string of the molecule is Nc1ccccc1CCC(=O)NCC1CCCCO1. The number of hydrogen-bond acceptors (Lipinski definition) is 3. The van der Waals surface area contributed by atoms with Crippen LogP contribution in [0.5, 0.6) is 0 Å². The summed E-state index contributed by atoms with van der Waals surface area (Å²) in [5.74, 6) is 0.0671. The van der Waals surface area contributed by atoms with Crippen LogP contribution in [0, 0.1) is 0 Å². The molecule has 1 atom stereocenters. The van der Waals surface area contributed by atoms with Gasteiger partial charge in [0.15, 0.2) is 0 Å². The Morgan fingerprint density at radius 2 is 2.21 bits per heavy atom. The number of carbonyl (C=O) groups is 1. The smallest absolute Gasteiger partial charge is 0.220 e. The van der Waals surface area contributed by atoms with Crippen molar-refractivity contribution < 1.29 is 9.53 Å². The van der Waals surface area contributed by atoms with E-state index in [9.17, 15) is 4.79 Å². The van der Waals surface area contributed by atoms with Crippen molar-refractivity contribution in [2.45, 2.75) is 38.2 Å². The predicted molar refractivity (Wildman–Crippen MR) is 75.8 cm³/mol. The first-order chi connectivity index (χ1) is 9.25. The van der Waals surface area contributed by atoms with Crippen LogP contribution in [0.4, 0.5) is 5.69 Å². The molecule has 0 bridgehead atoms. The van der Waals surface area contributed by atoms with Crippen LogP contribution in [0.1, 0.15) is 31.2 Å². The largest absolute Gasteiger partial charge is 0.399 e. The molecule has 0 spiro atoms. The van der Waals surface area contributed by atoms with Crippen LogP contribution in [0.25, 0.3) is 0 Å². The van der Waals surface area contributed by atoms with Gasteiger partial charge in [-0.15, -0.1) is 0 Å². The number of nitrogen functional groups attached to an aromatic ring is 1. The molecule has 2 rings (SSSR count). The second kappa shape index (κ2) is 7.14. The lowest BCUT2D eigenvalue weighted by Crippen LogP contribution is -2.35. The van der Waals surface area contributed by atoms with Crippen LogP contribution in [-0.2, 0) is 16.0 Å². The summed E-state index contributed by atoms with van der Waals surface area (Å²) in [7, 11) is 0. The van der Waals surface area contributed by atoms with Crippen molar-refractivity contribution >= 4 is 11.6 Å². The molecule has 1 aliphatic rings. The van der Waals surface area contributed by atoms with Gasteiger partial charge < -0.3 is 15.8 Å². The van der Waals surface area contributed by atoms with Gasteiger partial charge >= 0.3 is 0 Å². The summed E-state index contributed by atoms with van der Waals surface area (Å²) >= 11 is 0. The van der Waals surface area contributed by atoms with Crippen molar-refractivity contribution in [1.82, 2.24) is 5.32 Å². The molecule has 0 radical (unpaired) electrons. The Balaban J connectivity index is 1.68. The average molecular weight is 262 g/mol. The van der Waals surface area contributed by atoms with E-state index in [4.69, 9.17) is 10.5 Å². The van der Waals surface area contributed by atoms with Crippen LogP contribution in [0.2, 0.25) is 0 Å². The third kappa shape index (κ3) is 4.56. The molecule has 1 unspecified atom stereocenters. The van der Waals surface area contributed by atoms with E-state index in [1.54, 1.807) is 0 Å². The van der Waals surface area contributed by atoms with E-state index in [1.165, 1.54) is 6.42 Å². The van der Waals surface area contributed by atoms with Crippen LogP contribution >= 0.6 is 0 Å². The maximum absolute atomic E-state index is 11.8. The van der Waals surface area contributed by atoms with Gasteiger partial charge in [-0.05, 0) is 37.3 Å². The molecule has 1 amide bonds. The van der Waals surface area contributed by atoms with E-state index in [2.05, 4.69) is 5.32 Å². The summed E-state index contributed by atoms with van der Waals surface area (Å²) in [5.41, 5.74) is 7.64. The van der Waals surface area contributed by atoms with Gasteiger partial charge in [0.05, 0.1) is 6.10 Å². The maximum atomic E-state index is 11.8. The van der Waals surface area contributed by atoms with Gasteiger partial charge in [0.2, 0.25) is 5.91 Å². The number of benzene rings is 1. The molecule has 0 aliphatic carbocycles. The molecule has 1 aromatic rings. The summed E-state index contributed by atoms with van der Waals surface area (Å²) in [6.07, 6.45) is 4.73. The van der Waals surface area contributed by atoms with E-state index >= 15 is 0 Å². The Hall–Kier alpha value is -1.55. The Morgan fingerprint density at radius 1 is 1.37 bits per heavy atom. The molecule has 4 nitrogen and oxygen atoms in total. The molecule has 0 saturated carbocycles. The fraction of sp³-hybridized carbons (Fsp3) is 0.533. The van der Waals surface area contributed by atoms with Gasteiger partial charge in [-0.2, -0.15) is 0 Å². The fourth-order valence-electron chi connectivity index (χ4n) is 2.29. The summed E-state index contributed by atoms with van der Waals surface area (Å²) in [5, 5.41) is 2.94. The van der Waals surface area contributed by atoms with E-state index in [0.29, 0.717) is 19.4 Å². The molecule has 1 heterocycles. The predicted octanol–water partition coefficient (Wildman–Crippen LogP) is 1.89. The summed E-state index contributed by atoms with van der Waals surface area (Å²) in [4.78, 5) is 11.8. The second-order valence-electron chi connectivity index (χ2n) is 4.99. The summed E-state index contributed by atoms with van der Waals surface area (Å²) in [6, 6.07) is 7.68. The molecule has 3 N–H and O–H groups in total. The number of hydrogen-bond donors (Lipinski definition) is 2. The zero-order chi connectivity index (χ0) is 13.5. The average Bonchev–Trinajstić information content (AvgIpc) is 2.45. The Morgan fingerprint density at radius 3 is 2.95 bits per heavy atom. The molecular formula is C15H22N2O2. The van der Waals surface area contributed by atoms with Crippen LogP contribution in [-0.4, -0.2) is 25.2 Å². The number of nitrogens with one attached hydrogen (secondary N) is 1. The third-order valence-electron chi connectivity index (χ3n) is 3.48. The van der Waals surface area contributed by atoms with Gasteiger partial charge in [0.25, 0.3) is 0 Å². The Bertz CT molecular complexity index is 414. The second-order valence-corrected chi connectivity index (χ2v) is 4.99. The van der Waals surface area contributed by atoms with Crippen molar-refractivity contribution in [3.05, 3.63) is 29.8 Å². The minimum absolute atomic E-state index is 0.0671. The maximum Gasteiger partial charge on any atom is 0.220 e. The van der Waals surface area contributed by atoms with Crippen molar-refractivity contribution in [3.63, 3.8) is 0 Å². The number of para-hydroxylation sites is 1. The normalized spacial score (nSPS) is 19.1.